The molecule has 5 heteroatoms. The summed E-state index contributed by atoms with van der Waals surface area (Å²) in [5, 5.41) is 7.34. The van der Waals surface area contributed by atoms with Gasteiger partial charge in [-0.15, -0.1) is 0 Å². The van der Waals surface area contributed by atoms with E-state index in [-0.39, 0.29) is 11.6 Å². The fourth-order valence-corrected chi connectivity index (χ4v) is 3.43. The first kappa shape index (κ1) is 16.5. The predicted molar refractivity (Wildman–Crippen MR) is 102 cm³/mol. The molecule has 0 spiro atoms. The maximum absolute atomic E-state index is 12.3. The molecule has 0 unspecified atom stereocenters. The van der Waals surface area contributed by atoms with Crippen LogP contribution >= 0.6 is 0 Å². The summed E-state index contributed by atoms with van der Waals surface area (Å²) in [6.45, 7) is 0.604. The van der Waals surface area contributed by atoms with E-state index in [1.165, 1.54) is 10.9 Å². The Labute approximate surface area is 152 Å². The quantitative estimate of drug-likeness (QED) is 0.635. The van der Waals surface area contributed by atoms with Crippen molar-refractivity contribution in [2.75, 3.05) is 13.7 Å². The zero-order valence-corrected chi connectivity index (χ0v) is 14.8. The van der Waals surface area contributed by atoms with Crippen LogP contribution in [0.4, 0.5) is 4.79 Å². The summed E-state index contributed by atoms with van der Waals surface area (Å²) in [6.07, 6.45) is 4.75. The Hall–Kier alpha value is -2.95. The Morgan fingerprint density at radius 1 is 1.15 bits per heavy atom. The molecule has 26 heavy (non-hydrogen) atoms. The molecule has 1 fully saturated rings. The van der Waals surface area contributed by atoms with E-state index in [9.17, 15) is 4.79 Å². The molecule has 134 valence electrons. The van der Waals surface area contributed by atoms with Crippen LogP contribution in [0.25, 0.3) is 10.9 Å². The standard InChI is InChI=1S/C21H23N3O2/c1-26-17-8-6-16(7-9-17)21(11-12-21)24-20(25)22-13-10-15-14-23-19-5-3-2-4-18(15)19/h2-9,14,23H,10-13H2,1H3,(H2,22,24,25). The number of aromatic amines is 1. The summed E-state index contributed by atoms with van der Waals surface area (Å²) in [4.78, 5) is 15.6. The van der Waals surface area contributed by atoms with E-state index < -0.39 is 0 Å². The highest BCUT2D eigenvalue weighted by atomic mass is 16.5. The Morgan fingerprint density at radius 3 is 2.65 bits per heavy atom. The molecule has 1 aliphatic rings. The summed E-state index contributed by atoms with van der Waals surface area (Å²) in [5.74, 6) is 0.827. The number of hydrogen-bond donors (Lipinski definition) is 3. The van der Waals surface area contributed by atoms with Crippen molar-refractivity contribution in [1.82, 2.24) is 15.6 Å². The molecule has 0 radical (unpaired) electrons. The highest BCUT2D eigenvalue weighted by Crippen LogP contribution is 2.45. The SMILES string of the molecule is COc1ccc(C2(NC(=O)NCCc3c[nH]c4ccccc34)CC2)cc1. The molecular formula is C21H23N3O2. The molecule has 0 atom stereocenters. The van der Waals surface area contributed by atoms with Gasteiger partial charge in [0.05, 0.1) is 12.6 Å². The van der Waals surface area contributed by atoms with Gasteiger partial charge in [0.1, 0.15) is 5.75 Å². The largest absolute Gasteiger partial charge is 0.497 e. The van der Waals surface area contributed by atoms with Crippen molar-refractivity contribution in [3.05, 3.63) is 65.9 Å². The maximum atomic E-state index is 12.3. The molecule has 4 rings (SSSR count). The van der Waals surface area contributed by atoms with Gasteiger partial charge >= 0.3 is 6.03 Å². The van der Waals surface area contributed by atoms with Gasteiger partial charge in [-0.3, -0.25) is 0 Å². The summed E-state index contributed by atoms with van der Waals surface area (Å²) >= 11 is 0. The molecule has 3 aromatic rings. The van der Waals surface area contributed by atoms with E-state index in [4.69, 9.17) is 4.74 Å². The van der Waals surface area contributed by atoms with Crippen molar-refractivity contribution in [3.8, 4) is 5.75 Å². The minimum Gasteiger partial charge on any atom is -0.497 e. The summed E-state index contributed by atoms with van der Waals surface area (Å²) in [7, 11) is 1.65. The van der Waals surface area contributed by atoms with E-state index in [1.54, 1.807) is 7.11 Å². The Bertz CT molecular complexity index is 910. The number of hydrogen-bond acceptors (Lipinski definition) is 2. The number of aromatic nitrogens is 1. The summed E-state index contributed by atoms with van der Waals surface area (Å²) in [5.41, 5.74) is 3.25. The second-order valence-corrected chi connectivity index (χ2v) is 6.80. The lowest BCUT2D eigenvalue weighted by Crippen LogP contribution is -2.42. The van der Waals surface area contributed by atoms with Crippen LogP contribution in [0.3, 0.4) is 0 Å². The number of para-hydroxylation sites is 1. The van der Waals surface area contributed by atoms with Crippen LogP contribution in [0.1, 0.15) is 24.0 Å². The molecule has 0 aliphatic heterocycles. The van der Waals surface area contributed by atoms with Crippen molar-refractivity contribution in [2.24, 2.45) is 0 Å². The van der Waals surface area contributed by atoms with Gasteiger partial charge in [0.15, 0.2) is 0 Å². The van der Waals surface area contributed by atoms with E-state index >= 15 is 0 Å². The summed E-state index contributed by atoms with van der Waals surface area (Å²) in [6, 6.07) is 16.0. The molecule has 1 saturated carbocycles. The van der Waals surface area contributed by atoms with Crippen LogP contribution in [0.15, 0.2) is 54.7 Å². The van der Waals surface area contributed by atoms with Gasteiger partial charge in [0.2, 0.25) is 0 Å². The first-order valence-corrected chi connectivity index (χ1v) is 8.96. The molecule has 1 aromatic heterocycles. The number of rotatable bonds is 6. The third-order valence-electron chi connectivity index (χ3n) is 5.10. The lowest BCUT2D eigenvalue weighted by atomic mass is 10.1. The molecule has 1 aliphatic carbocycles. The minimum atomic E-state index is -0.225. The fourth-order valence-electron chi connectivity index (χ4n) is 3.43. The second kappa shape index (κ2) is 6.75. The minimum absolute atomic E-state index is 0.113. The molecule has 5 nitrogen and oxygen atoms in total. The summed E-state index contributed by atoms with van der Waals surface area (Å²) < 4.78 is 5.20. The number of benzene rings is 2. The number of urea groups is 1. The topological polar surface area (TPSA) is 66.2 Å². The smallest absolute Gasteiger partial charge is 0.315 e. The first-order valence-electron chi connectivity index (χ1n) is 8.96. The van der Waals surface area contributed by atoms with Gasteiger partial charge in [-0.25, -0.2) is 4.79 Å². The van der Waals surface area contributed by atoms with Crippen molar-refractivity contribution in [2.45, 2.75) is 24.8 Å². The van der Waals surface area contributed by atoms with Crippen molar-refractivity contribution in [1.29, 1.82) is 0 Å². The number of carbonyl (C=O) groups is 1. The number of amides is 2. The molecule has 0 saturated heterocycles. The Balaban J connectivity index is 1.32. The normalized spacial score (nSPS) is 14.8. The van der Waals surface area contributed by atoms with Gasteiger partial charge in [0, 0.05) is 23.6 Å². The number of carbonyl (C=O) groups excluding carboxylic acids is 1. The molecule has 0 bridgehead atoms. The van der Waals surface area contributed by atoms with Gasteiger partial charge in [-0.1, -0.05) is 30.3 Å². The fraction of sp³-hybridized carbons (Fsp3) is 0.286. The highest BCUT2D eigenvalue weighted by molar-refractivity contribution is 5.83. The molecule has 1 heterocycles. The van der Waals surface area contributed by atoms with Crippen molar-refractivity contribution >= 4 is 16.9 Å². The van der Waals surface area contributed by atoms with E-state index in [0.29, 0.717) is 6.54 Å². The molecular weight excluding hydrogens is 326 g/mol. The lowest BCUT2D eigenvalue weighted by Gasteiger charge is -2.18. The van der Waals surface area contributed by atoms with Crippen LogP contribution in [0.5, 0.6) is 5.75 Å². The first-order chi connectivity index (χ1) is 12.7. The van der Waals surface area contributed by atoms with Crippen LogP contribution in [0.2, 0.25) is 0 Å². The predicted octanol–water partition coefficient (Wildman–Crippen LogP) is 3.71. The average Bonchev–Trinajstić information content (AvgIpc) is 3.34. The van der Waals surface area contributed by atoms with E-state index in [0.717, 1.165) is 36.1 Å². The van der Waals surface area contributed by atoms with Crippen molar-refractivity contribution in [3.63, 3.8) is 0 Å². The number of methoxy groups -OCH3 is 1. The van der Waals surface area contributed by atoms with Gasteiger partial charge in [-0.2, -0.15) is 0 Å². The third-order valence-corrected chi connectivity index (χ3v) is 5.10. The monoisotopic (exact) mass is 349 g/mol. The molecule has 2 amide bonds. The average molecular weight is 349 g/mol. The third kappa shape index (κ3) is 3.25. The number of nitrogens with one attached hydrogen (secondary N) is 3. The molecule has 2 aromatic carbocycles. The van der Waals surface area contributed by atoms with Crippen LogP contribution in [0, 0.1) is 0 Å². The molecule has 3 N–H and O–H groups in total. The highest BCUT2D eigenvalue weighted by Gasteiger charge is 2.45. The number of fused-ring (bicyclic) bond motifs is 1. The lowest BCUT2D eigenvalue weighted by molar-refractivity contribution is 0.236. The van der Waals surface area contributed by atoms with E-state index in [1.807, 2.05) is 42.6 Å². The Morgan fingerprint density at radius 2 is 1.92 bits per heavy atom. The van der Waals surface area contributed by atoms with Gasteiger partial charge in [-0.05, 0) is 48.6 Å². The van der Waals surface area contributed by atoms with Crippen LogP contribution < -0.4 is 15.4 Å². The zero-order chi connectivity index (χ0) is 18.0. The number of H-pyrrole nitrogens is 1. The second-order valence-electron chi connectivity index (χ2n) is 6.80. The van der Waals surface area contributed by atoms with Crippen LogP contribution in [-0.2, 0) is 12.0 Å². The zero-order valence-electron chi connectivity index (χ0n) is 14.8. The number of ether oxygens (including phenoxy) is 1. The van der Waals surface area contributed by atoms with E-state index in [2.05, 4.69) is 27.8 Å². The van der Waals surface area contributed by atoms with Crippen LogP contribution in [-0.4, -0.2) is 24.7 Å². The Kier molecular flexibility index (Phi) is 4.29. The van der Waals surface area contributed by atoms with Gasteiger partial charge < -0.3 is 20.4 Å². The van der Waals surface area contributed by atoms with Crippen molar-refractivity contribution < 1.29 is 9.53 Å². The maximum Gasteiger partial charge on any atom is 0.315 e. The van der Waals surface area contributed by atoms with Gasteiger partial charge in [0.25, 0.3) is 0 Å².